The van der Waals surface area contributed by atoms with Crippen LogP contribution < -0.4 is 5.32 Å². The first-order valence-electron chi connectivity index (χ1n) is 7.41. The van der Waals surface area contributed by atoms with Crippen molar-refractivity contribution in [1.29, 1.82) is 0 Å². The number of aromatic nitrogens is 2. The van der Waals surface area contributed by atoms with Crippen LogP contribution in [0.4, 0.5) is 0 Å². The Balaban J connectivity index is 1.58. The fourth-order valence-corrected chi connectivity index (χ4v) is 3.82. The third-order valence-corrected chi connectivity index (χ3v) is 4.93. The summed E-state index contributed by atoms with van der Waals surface area (Å²) in [6.07, 6.45) is 3.87. The van der Waals surface area contributed by atoms with Gasteiger partial charge in [0.2, 0.25) is 0 Å². The number of carbonyl (C=O) groups is 1. The molecule has 0 amide bonds. The van der Waals surface area contributed by atoms with Crippen LogP contribution in [0.2, 0.25) is 0 Å². The highest BCUT2D eigenvalue weighted by atomic mass is 16.1. The molecule has 2 aliphatic heterocycles. The number of carbonyl (C=O) groups excluding carboxylic acids is 1. The minimum absolute atomic E-state index is 0.202. The number of aryl methyl sites for hydroxylation is 1. The summed E-state index contributed by atoms with van der Waals surface area (Å²) in [4.78, 5) is 17.1. The number of imidazole rings is 1. The van der Waals surface area contributed by atoms with Gasteiger partial charge >= 0.3 is 0 Å². The standard InChI is InChI=1S/C16H19N3O/c1-19-14-5-3-2-4-13(14)18-16(19)9-15(20)11-8-10-6-7-12(11)17-10/h2-5,10-12,17H,6-9H2,1H3. The Morgan fingerprint density at radius 1 is 1.40 bits per heavy atom. The van der Waals surface area contributed by atoms with E-state index in [0.717, 1.165) is 29.7 Å². The van der Waals surface area contributed by atoms with E-state index in [1.165, 1.54) is 6.42 Å². The summed E-state index contributed by atoms with van der Waals surface area (Å²) in [7, 11) is 2.00. The summed E-state index contributed by atoms with van der Waals surface area (Å²) in [5.41, 5.74) is 2.07. The predicted octanol–water partition coefficient (Wildman–Crippen LogP) is 1.83. The zero-order chi connectivity index (χ0) is 13.7. The Kier molecular flexibility index (Phi) is 2.67. The van der Waals surface area contributed by atoms with Gasteiger partial charge in [0.1, 0.15) is 11.6 Å². The normalized spacial score (nSPS) is 28.4. The molecule has 3 unspecified atom stereocenters. The molecule has 4 nitrogen and oxygen atoms in total. The highest BCUT2D eigenvalue weighted by molar-refractivity contribution is 5.85. The molecule has 2 bridgehead atoms. The quantitative estimate of drug-likeness (QED) is 0.924. The van der Waals surface area contributed by atoms with Crippen LogP contribution in [-0.2, 0) is 18.3 Å². The smallest absolute Gasteiger partial charge is 0.145 e. The van der Waals surface area contributed by atoms with Gasteiger partial charge in [0.15, 0.2) is 0 Å². The second-order valence-electron chi connectivity index (χ2n) is 6.11. The van der Waals surface area contributed by atoms with Crippen LogP contribution in [0.5, 0.6) is 0 Å². The van der Waals surface area contributed by atoms with Crippen LogP contribution >= 0.6 is 0 Å². The van der Waals surface area contributed by atoms with Crippen LogP contribution in [0.1, 0.15) is 25.1 Å². The van der Waals surface area contributed by atoms with Crippen molar-refractivity contribution in [3.8, 4) is 0 Å². The molecule has 2 saturated heterocycles. The molecular weight excluding hydrogens is 250 g/mol. The maximum absolute atomic E-state index is 12.5. The van der Waals surface area contributed by atoms with Gasteiger partial charge in [0.25, 0.3) is 0 Å². The van der Waals surface area contributed by atoms with E-state index in [0.29, 0.717) is 24.3 Å². The van der Waals surface area contributed by atoms with Gasteiger partial charge in [-0.25, -0.2) is 4.98 Å². The van der Waals surface area contributed by atoms with Crippen LogP contribution in [-0.4, -0.2) is 27.4 Å². The highest BCUT2D eigenvalue weighted by Crippen LogP contribution is 2.34. The molecule has 2 aliphatic rings. The molecule has 3 heterocycles. The van der Waals surface area contributed by atoms with Gasteiger partial charge in [-0.1, -0.05) is 12.1 Å². The lowest BCUT2D eigenvalue weighted by molar-refractivity contribution is -0.122. The van der Waals surface area contributed by atoms with Crippen LogP contribution in [0.25, 0.3) is 11.0 Å². The summed E-state index contributed by atoms with van der Waals surface area (Å²) in [5, 5.41) is 3.54. The van der Waals surface area contributed by atoms with E-state index >= 15 is 0 Å². The lowest BCUT2D eigenvalue weighted by Gasteiger charge is -2.18. The Labute approximate surface area is 118 Å². The molecule has 0 saturated carbocycles. The number of nitrogens with one attached hydrogen (secondary N) is 1. The van der Waals surface area contributed by atoms with Crippen molar-refractivity contribution >= 4 is 16.8 Å². The summed E-state index contributed by atoms with van der Waals surface area (Å²) in [5.74, 6) is 1.44. The molecule has 20 heavy (non-hydrogen) atoms. The van der Waals surface area contributed by atoms with Crippen LogP contribution in [0, 0.1) is 5.92 Å². The van der Waals surface area contributed by atoms with Crippen molar-refractivity contribution in [3.63, 3.8) is 0 Å². The van der Waals surface area contributed by atoms with E-state index in [-0.39, 0.29) is 5.92 Å². The number of nitrogens with zero attached hydrogens (tertiary/aromatic N) is 2. The minimum Gasteiger partial charge on any atom is -0.331 e. The number of rotatable bonds is 3. The second-order valence-corrected chi connectivity index (χ2v) is 6.11. The molecule has 4 heteroatoms. The van der Waals surface area contributed by atoms with Crippen molar-refractivity contribution in [2.24, 2.45) is 13.0 Å². The first-order valence-corrected chi connectivity index (χ1v) is 7.41. The number of para-hydroxylation sites is 2. The number of fused-ring (bicyclic) bond motifs is 3. The van der Waals surface area contributed by atoms with E-state index in [1.54, 1.807) is 0 Å². The molecule has 1 aromatic carbocycles. The average molecular weight is 269 g/mol. The number of hydrogen-bond acceptors (Lipinski definition) is 3. The van der Waals surface area contributed by atoms with E-state index in [2.05, 4.69) is 16.4 Å². The molecule has 2 aromatic rings. The largest absolute Gasteiger partial charge is 0.331 e. The average Bonchev–Trinajstić information content (AvgIpc) is 3.15. The third-order valence-electron chi connectivity index (χ3n) is 4.93. The summed E-state index contributed by atoms with van der Waals surface area (Å²) in [6, 6.07) is 9.05. The van der Waals surface area contributed by atoms with E-state index in [4.69, 9.17) is 0 Å². The van der Waals surface area contributed by atoms with Crippen LogP contribution in [0.15, 0.2) is 24.3 Å². The maximum Gasteiger partial charge on any atom is 0.145 e. The molecular formula is C16H19N3O. The van der Waals surface area contributed by atoms with Crippen molar-refractivity contribution in [2.75, 3.05) is 0 Å². The predicted molar refractivity (Wildman–Crippen MR) is 77.5 cm³/mol. The van der Waals surface area contributed by atoms with Gasteiger partial charge in [-0.05, 0) is 31.4 Å². The summed E-state index contributed by atoms with van der Waals surface area (Å²) in [6.45, 7) is 0. The van der Waals surface area contributed by atoms with Gasteiger partial charge in [0, 0.05) is 25.0 Å². The molecule has 0 aliphatic carbocycles. The van der Waals surface area contributed by atoms with Crippen molar-refractivity contribution in [2.45, 2.75) is 37.8 Å². The number of ketones is 1. The van der Waals surface area contributed by atoms with Crippen LogP contribution in [0.3, 0.4) is 0 Å². The second kappa shape index (κ2) is 4.42. The first kappa shape index (κ1) is 12.1. The Morgan fingerprint density at radius 2 is 2.25 bits per heavy atom. The fraction of sp³-hybridized carbons (Fsp3) is 0.500. The Morgan fingerprint density at radius 3 is 2.95 bits per heavy atom. The lowest BCUT2D eigenvalue weighted by Crippen LogP contribution is -2.30. The Bertz CT molecular complexity index is 675. The van der Waals surface area contributed by atoms with E-state index in [9.17, 15) is 4.79 Å². The SMILES string of the molecule is Cn1c(CC(=O)C2CC3CCC2N3)nc2ccccc21. The van der Waals surface area contributed by atoms with Gasteiger partial charge in [-0.15, -0.1) is 0 Å². The number of Topliss-reactive ketones (excluding diaryl/α,β-unsaturated/α-hetero) is 1. The van der Waals surface area contributed by atoms with Crippen molar-refractivity contribution in [1.82, 2.24) is 14.9 Å². The summed E-state index contributed by atoms with van der Waals surface area (Å²) >= 11 is 0. The number of benzene rings is 1. The lowest BCUT2D eigenvalue weighted by atomic mass is 9.85. The third kappa shape index (κ3) is 1.79. The molecule has 1 N–H and O–H groups in total. The maximum atomic E-state index is 12.5. The van der Waals surface area contributed by atoms with Gasteiger partial charge in [-0.3, -0.25) is 4.79 Å². The molecule has 2 fully saturated rings. The molecule has 1 aromatic heterocycles. The van der Waals surface area contributed by atoms with Gasteiger partial charge < -0.3 is 9.88 Å². The number of hydrogen-bond donors (Lipinski definition) is 1. The fourth-order valence-electron chi connectivity index (χ4n) is 3.82. The monoisotopic (exact) mass is 269 g/mol. The topological polar surface area (TPSA) is 46.9 Å². The highest BCUT2D eigenvalue weighted by Gasteiger charge is 2.42. The zero-order valence-corrected chi connectivity index (χ0v) is 11.7. The Hall–Kier alpha value is -1.68. The summed E-state index contributed by atoms with van der Waals surface area (Å²) < 4.78 is 2.05. The first-order chi connectivity index (χ1) is 9.72. The van der Waals surface area contributed by atoms with Gasteiger partial charge in [0.05, 0.1) is 17.5 Å². The molecule has 4 rings (SSSR count). The molecule has 0 radical (unpaired) electrons. The van der Waals surface area contributed by atoms with E-state index in [1.807, 2.05) is 29.8 Å². The van der Waals surface area contributed by atoms with E-state index < -0.39 is 0 Å². The molecule has 0 spiro atoms. The van der Waals surface area contributed by atoms with Crippen molar-refractivity contribution in [3.05, 3.63) is 30.1 Å². The van der Waals surface area contributed by atoms with Crippen molar-refractivity contribution < 1.29 is 4.79 Å². The molecule has 104 valence electrons. The molecule has 3 atom stereocenters. The zero-order valence-electron chi connectivity index (χ0n) is 11.7. The van der Waals surface area contributed by atoms with Gasteiger partial charge in [-0.2, -0.15) is 0 Å². The minimum atomic E-state index is 0.202.